The minimum Gasteiger partial charge on any atom is -0.314 e. The molecule has 3 heteroatoms. The molecule has 0 N–H and O–H groups in total. The highest BCUT2D eigenvalue weighted by atomic mass is 16.2. The fourth-order valence-corrected chi connectivity index (χ4v) is 2.93. The number of amides is 1. The number of ketones is 1. The van der Waals surface area contributed by atoms with E-state index in [-0.39, 0.29) is 17.6 Å². The number of fused-ring (bicyclic) bond motifs is 1. The van der Waals surface area contributed by atoms with Crippen molar-refractivity contribution >= 4 is 17.4 Å². The summed E-state index contributed by atoms with van der Waals surface area (Å²) in [6.07, 6.45) is 0.543. The summed E-state index contributed by atoms with van der Waals surface area (Å²) in [5.74, 6) is -0.110. The van der Waals surface area contributed by atoms with E-state index >= 15 is 0 Å². The average molecular weight is 245 g/mol. The van der Waals surface area contributed by atoms with E-state index in [4.69, 9.17) is 0 Å². The van der Waals surface area contributed by atoms with Crippen LogP contribution in [0, 0.1) is 11.3 Å². The molecule has 0 aliphatic carbocycles. The third kappa shape index (κ3) is 1.43. The zero-order valence-electron chi connectivity index (χ0n) is 11.4. The molecule has 0 radical (unpaired) electrons. The van der Waals surface area contributed by atoms with E-state index in [2.05, 4.69) is 0 Å². The van der Waals surface area contributed by atoms with Crippen LogP contribution in [0.4, 0.5) is 5.69 Å². The highest BCUT2D eigenvalue weighted by Gasteiger charge is 2.52. The smallest absolute Gasteiger partial charge is 0.241 e. The molecule has 1 aliphatic rings. The second-order valence-electron chi connectivity index (χ2n) is 5.19. The Morgan fingerprint density at radius 3 is 2.39 bits per heavy atom. The minimum absolute atomic E-state index is 0.00157. The molecular weight excluding hydrogens is 226 g/mol. The molecule has 0 unspecified atom stereocenters. The first-order valence-corrected chi connectivity index (χ1v) is 6.38. The number of hydrogen-bond donors (Lipinski definition) is 0. The van der Waals surface area contributed by atoms with Crippen LogP contribution in [0.15, 0.2) is 24.3 Å². The van der Waals surface area contributed by atoms with Crippen molar-refractivity contribution in [3.63, 3.8) is 0 Å². The zero-order valence-corrected chi connectivity index (χ0v) is 11.4. The van der Waals surface area contributed by atoms with Crippen LogP contribution in [0.25, 0.3) is 0 Å². The van der Waals surface area contributed by atoms with Crippen molar-refractivity contribution < 1.29 is 9.59 Å². The summed E-state index contributed by atoms with van der Waals surface area (Å²) < 4.78 is 0. The molecule has 0 aromatic heterocycles. The zero-order chi connectivity index (χ0) is 13.5. The molecule has 2 rings (SSSR count). The van der Waals surface area contributed by atoms with E-state index in [9.17, 15) is 9.59 Å². The first kappa shape index (κ1) is 12.8. The Hall–Kier alpha value is -1.64. The molecule has 0 fully saturated rings. The lowest BCUT2D eigenvalue weighted by atomic mass is 9.66. The molecule has 0 spiro atoms. The number of para-hydroxylation sites is 1. The van der Waals surface area contributed by atoms with Crippen LogP contribution in [0.3, 0.4) is 0 Å². The number of nitrogens with zero attached hydrogens (tertiary/aromatic N) is 1. The van der Waals surface area contributed by atoms with Crippen molar-refractivity contribution in [2.75, 3.05) is 11.9 Å². The second-order valence-corrected chi connectivity index (χ2v) is 5.19. The predicted octanol–water partition coefficient (Wildman–Crippen LogP) is 2.90. The summed E-state index contributed by atoms with van der Waals surface area (Å²) in [6.45, 7) is 5.81. The van der Waals surface area contributed by atoms with Gasteiger partial charge in [-0.05, 0) is 24.5 Å². The van der Waals surface area contributed by atoms with Gasteiger partial charge in [0.25, 0.3) is 0 Å². The van der Waals surface area contributed by atoms with E-state index in [0.717, 1.165) is 5.69 Å². The first-order chi connectivity index (χ1) is 8.46. The van der Waals surface area contributed by atoms with Crippen LogP contribution in [0.1, 0.15) is 37.6 Å². The van der Waals surface area contributed by atoms with Crippen molar-refractivity contribution in [3.8, 4) is 0 Å². The van der Waals surface area contributed by atoms with E-state index in [1.807, 2.05) is 45.0 Å². The van der Waals surface area contributed by atoms with Crippen LogP contribution in [0.2, 0.25) is 0 Å². The number of Topliss-reactive ketones (excluding diaryl/α,β-unsaturated/α-hetero) is 1. The maximum Gasteiger partial charge on any atom is 0.241 e. The molecule has 3 nitrogen and oxygen atoms in total. The van der Waals surface area contributed by atoms with Crippen LogP contribution in [-0.4, -0.2) is 18.7 Å². The molecule has 1 aromatic rings. The predicted molar refractivity (Wildman–Crippen MR) is 71.7 cm³/mol. The number of carbonyl (C=O) groups excluding carboxylic acids is 2. The van der Waals surface area contributed by atoms with Gasteiger partial charge >= 0.3 is 0 Å². The maximum atomic E-state index is 12.7. The Morgan fingerprint density at radius 2 is 1.83 bits per heavy atom. The Labute approximate surface area is 108 Å². The fraction of sp³-hybridized carbons (Fsp3) is 0.467. The van der Waals surface area contributed by atoms with Gasteiger partial charge in [-0.3, -0.25) is 9.59 Å². The van der Waals surface area contributed by atoms with Crippen molar-refractivity contribution in [2.24, 2.45) is 11.3 Å². The molecule has 0 bridgehead atoms. The molecule has 1 aliphatic heterocycles. The number of hydrogen-bond acceptors (Lipinski definition) is 2. The van der Waals surface area contributed by atoms with E-state index in [1.165, 1.54) is 0 Å². The minimum atomic E-state index is -0.900. The van der Waals surface area contributed by atoms with Crippen LogP contribution < -0.4 is 4.90 Å². The van der Waals surface area contributed by atoms with Gasteiger partial charge in [0.1, 0.15) is 5.41 Å². The maximum absolute atomic E-state index is 12.7. The highest BCUT2D eigenvalue weighted by molar-refractivity contribution is 6.24. The van der Waals surface area contributed by atoms with Crippen LogP contribution in [-0.2, 0) is 4.79 Å². The van der Waals surface area contributed by atoms with Gasteiger partial charge in [0.15, 0.2) is 5.78 Å². The van der Waals surface area contributed by atoms with Gasteiger partial charge < -0.3 is 4.90 Å². The molecule has 0 saturated heterocycles. The van der Waals surface area contributed by atoms with E-state index < -0.39 is 5.41 Å². The Morgan fingerprint density at radius 1 is 1.22 bits per heavy atom. The van der Waals surface area contributed by atoms with Gasteiger partial charge in [-0.2, -0.15) is 0 Å². The van der Waals surface area contributed by atoms with Gasteiger partial charge in [0.2, 0.25) is 5.91 Å². The van der Waals surface area contributed by atoms with Crippen molar-refractivity contribution in [3.05, 3.63) is 29.8 Å². The topological polar surface area (TPSA) is 37.4 Å². The Balaban J connectivity index is 2.69. The number of rotatable bonds is 2. The molecule has 96 valence electrons. The largest absolute Gasteiger partial charge is 0.314 e. The molecule has 1 amide bonds. The third-order valence-electron chi connectivity index (χ3n) is 4.14. The Kier molecular flexibility index (Phi) is 3.01. The summed E-state index contributed by atoms with van der Waals surface area (Å²) >= 11 is 0. The lowest BCUT2D eigenvalue weighted by Crippen LogP contribution is -2.54. The third-order valence-corrected chi connectivity index (χ3v) is 4.14. The Bertz CT molecular complexity index is 507. The monoisotopic (exact) mass is 245 g/mol. The van der Waals surface area contributed by atoms with Gasteiger partial charge in [-0.15, -0.1) is 0 Å². The van der Waals surface area contributed by atoms with E-state index in [0.29, 0.717) is 12.0 Å². The summed E-state index contributed by atoms with van der Waals surface area (Å²) in [5, 5.41) is 0. The first-order valence-electron chi connectivity index (χ1n) is 6.38. The van der Waals surface area contributed by atoms with Crippen molar-refractivity contribution in [2.45, 2.75) is 27.2 Å². The summed E-state index contributed by atoms with van der Waals surface area (Å²) in [7, 11) is 1.75. The van der Waals surface area contributed by atoms with Gasteiger partial charge in [0, 0.05) is 12.6 Å². The van der Waals surface area contributed by atoms with Crippen molar-refractivity contribution in [1.29, 1.82) is 0 Å². The average Bonchev–Trinajstić information content (AvgIpc) is 2.37. The number of anilines is 1. The molecule has 1 aromatic carbocycles. The number of carbonyl (C=O) groups is 2. The van der Waals surface area contributed by atoms with Gasteiger partial charge in [0.05, 0.1) is 5.69 Å². The highest BCUT2D eigenvalue weighted by Crippen LogP contribution is 2.43. The normalized spacial score (nSPS) is 23.5. The van der Waals surface area contributed by atoms with E-state index in [1.54, 1.807) is 11.9 Å². The van der Waals surface area contributed by atoms with Gasteiger partial charge in [-0.25, -0.2) is 0 Å². The van der Waals surface area contributed by atoms with Gasteiger partial charge in [-0.1, -0.05) is 32.9 Å². The van der Waals surface area contributed by atoms with Crippen molar-refractivity contribution in [1.82, 2.24) is 0 Å². The standard InChI is InChI=1S/C15H19NO2/c1-5-15(10(2)3)13(17)11-8-6-7-9-12(11)16(4)14(15)18/h6-10H,5H2,1-4H3/t15-/m1/s1. The fourth-order valence-electron chi connectivity index (χ4n) is 2.93. The second kappa shape index (κ2) is 4.23. The molecule has 0 saturated carbocycles. The SMILES string of the molecule is CC[C@@]1(C(C)C)C(=O)c2ccccc2N(C)C1=O. The summed E-state index contributed by atoms with van der Waals surface area (Å²) in [4.78, 5) is 26.9. The molecule has 1 atom stereocenters. The number of benzene rings is 1. The molecular formula is C15H19NO2. The lowest BCUT2D eigenvalue weighted by Gasteiger charge is -2.41. The van der Waals surface area contributed by atoms with Crippen LogP contribution >= 0.6 is 0 Å². The quantitative estimate of drug-likeness (QED) is 0.751. The molecule has 1 heterocycles. The molecule has 18 heavy (non-hydrogen) atoms. The summed E-state index contributed by atoms with van der Waals surface area (Å²) in [5.41, 5.74) is 0.482. The lowest BCUT2D eigenvalue weighted by molar-refractivity contribution is -0.128. The van der Waals surface area contributed by atoms with Crippen LogP contribution in [0.5, 0.6) is 0 Å². The summed E-state index contributed by atoms with van der Waals surface area (Å²) in [6, 6.07) is 7.34.